The molecular weight excluding hydrogens is 577 g/mol. The molecular formula is C30H23Cl2N7O3. The summed E-state index contributed by atoms with van der Waals surface area (Å²) in [6, 6.07) is 28.4. The molecule has 4 aromatic carbocycles. The Labute approximate surface area is 250 Å². The first kappa shape index (κ1) is 28.3. The molecule has 0 radical (unpaired) electrons. The SMILES string of the molecule is COc1cc(/C=N\Nc2nc(=Nc3ccccc3)[nH]c(=Nc3ccccc3)[nH]2)ccc1OC(=O)c1ccc(Cl)cc1Cl. The third kappa shape index (κ3) is 7.51. The molecule has 0 aliphatic rings. The van der Waals surface area contributed by atoms with Gasteiger partial charge in [-0.25, -0.2) is 20.2 Å². The van der Waals surface area contributed by atoms with Crippen LogP contribution in [0.2, 0.25) is 10.0 Å². The Kier molecular flexibility index (Phi) is 9.07. The maximum absolute atomic E-state index is 12.6. The fourth-order valence-corrected chi connectivity index (χ4v) is 4.14. The van der Waals surface area contributed by atoms with Crippen LogP contribution in [0.15, 0.2) is 112 Å². The van der Waals surface area contributed by atoms with Gasteiger partial charge < -0.3 is 9.47 Å². The molecule has 12 heteroatoms. The molecule has 1 heterocycles. The highest BCUT2D eigenvalue weighted by Crippen LogP contribution is 2.30. The van der Waals surface area contributed by atoms with E-state index in [0.717, 1.165) is 11.4 Å². The number of methoxy groups -OCH3 is 1. The maximum Gasteiger partial charge on any atom is 0.345 e. The highest BCUT2D eigenvalue weighted by molar-refractivity contribution is 6.36. The van der Waals surface area contributed by atoms with Crippen molar-refractivity contribution < 1.29 is 14.3 Å². The zero-order valence-electron chi connectivity index (χ0n) is 22.1. The van der Waals surface area contributed by atoms with Crippen LogP contribution in [0.3, 0.4) is 0 Å². The number of nitrogens with one attached hydrogen (secondary N) is 3. The number of halogens is 2. The number of esters is 1. The van der Waals surface area contributed by atoms with Gasteiger partial charge in [0.1, 0.15) is 0 Å². The van der Waals surface area contributed by atoms with Crippen molar-refractivity contribution in [2.75, 3.05) is 12.5 Å². The number of nitrogens with zero attached hydrogens (tertiary/aromatic N) is 4. The molecule has 42 heavy (non-hydrogen) atoms. The minimum Gasteiger partial charge on any atom is -0.493 e. The monoisotopic (exact) mass is 599 g/mol. The number of carbonyl (C=O) groups excluding carboxylic acids is 1. The number of H-pyrrole nitrogens is 2. The summed E-state index contributed by atoms with van der Waals surface area (Å²) in [7, 11) is 1.47. The van der Waals surface area contributed by atoms with E-state index in [1.54, 1.807) is 30.5 Å². The van der Waals surface area contributed by atoms with Crippen LogP contribution in [-0.2, 0) is 0 Å². The van der Waals surface area contributed by atoms with E-state index >= 15 is 0 Å². The van der Waals surface area contributed by atoms with E-state index < -0.39 is 5.97 Å². The number of anilines is 1. The molecule has 0 aliphatic heterocycles. The average molecular weight is 600 g/mol. The van der Waals surface area contributed by atoms with E-state index in [-0.39, 0.29) is 16.3 Å². The van der Waals surface area contributed by atoms with Crippen molar-refractivity contribution >= 4 is 52.7 Å². The molecule has 5 aromatic rings. The number of hydrazone groups is 1. The van der Waals surface area contributed by atoms with Crippen molar-refractivity contribution in [3.63, 3.8) is 0 Å². The summed E-state index contributed by atoms with van der Waals surface area (Å²) in [5.41, 5.74) is 5.91. The van der Waals surface area contributed by atoms with Gasteiger partial charge in [0.25, 0.3) is 0 Å². The lowest BCUT2D eigenvalue weighted by molar-refractivity contribution is 0.0730. The molecule has 0 fully saturated rings. The molecule has 0 saturated heterocycles. The number of benzene rings is 4. The van der Waals surface area contributed by atoms with Gasteiger partial charge in [0, 0.05) is 5.02 Å². The topological polar surface area (TPSA) is 129 Å². The predicted molar refractivity (Wildman–Crippen MR) is 162 cm³/mol. The fraction of sp³-hybridized carbons (Fsp3) is 0.0333. The Bertz CT molecular complexity index is 1800. The van der Waals surface area contributed by atoms with Crippen LogP contribution in [0, 0.1) is 0 Å². The Morgan fingerprint density at radius 3 is 2.26 bits per heavy atom. The van der Waals surface area contributed by atoms with Gasteiger partial charge in [-0.3, -0.25) is 9.97 Å². The van der Waals surface area contributed by atoms with Crippen molar-refractivity contribution in [3.8, 4) is 11.5 Å². The Morgan fingerprint density at radius 2 is 1.57 bits per heavy atom. The molecule has 0 unspecified atom stereocenters. The maximum atomic E-state index is 12.6. The van der Waals surface area contributed by atoms with Crippen LogP contribution < -0.4 is 26.1 Å². The lowest BCUT2D eigenvalue weighted by atomic mass is 10.2. The molecule has 3 N–H and O–H groups in total. The van der Waals surface area contributed by atoms with Crippen molar-refractivity contribution in [3.05, 3.63) is 129 Å². The molecule has 0 spiro atoms. The predicted octanol–water partition coefficient (Wildman–Crippen LogP) is 6.18. The van der Waals surface area contributed by atoms with Crippen LogP contribution in [0.1, 0.15) is 15.9 Å². The number of carbonyl (C=O) groups is 1. The molecule has 0 saturated carbocycles. The molecule has 0 aliphatic carbocycles. The number of para-hydroxylation sites is 2. The summed E-state index contributed by atoms with van der Waals surface area (Å²) < 4.78 is 10.9. The first-order chi connectivity index (χ1) is 20.5. The zero-order chi connectivity index (χ0) is 29.3. The third-order valence-corrected chi connectivity index (χ3v) is 6.15. The van der Waals surface area contributed by atoms with Crippen molar-refractivity contribution in [1.29, 1.82) is 0 Å². The van der Waals surface area contributed by atoms with Gasteiger partial charge in [-0.1, -0.05) is 59.6 Å². The number of rotatable bonds is 8. The Morgan fingerprint density at radius 1 is 0.857 bits per heavy atom. The average Bonchev–Trinajstić information content (AvgIpc) is 2.98. The minimum absolute atomic E-state index is 0.179. The van der Waals surface area contributed by atoms with Crippen molar-refractivity contribution in [1.82, 2.24) is 15.0 Å². The third-order valence-electron chi connectivity index (χ3n) is 5.60. The fourth-order valence-electron chi connectivity index (χ4n) is 3.66. The normalized spacial score (nSPS) is 12.0. The van der Waals surface area contributed by atoms with E-state index in [0.29, 0.717) is 33.5 Å². The summed E-state index contributed by atoms with van der Waals surface area (Å²) >= 11 is 12.1. The van der Waals surface area contributed by atoms with Gasteiger partial charge in [0.2, 0.25) is 17.2 Å². The number of ether oxygens (including phenoxy) is 2. The second-order valence-corrected chi connectivity index (χ2v) is 9.41. The lowest BCUT2D eigenvalue weighted by Gasteiger charge is -2.10. The largest absolute Gasteiger partial charge is 0.493 e. The quantitative estimate of drug-likeness (QED) is 0.0848. The van der Waals surface area contributed by atoms with E-state index in [1.165, 1.54) is 19.2 Å². The second kappa shape index (κ2) is 13.4. The highest BCUT2D eigenvalue weighted by Gasteiger charge is 2.16. The van der Waals surface area contributed by atoms with Crippen molar-refractivity contribution in [2.24, 2.45) is 15.1 Å². The van der Waals surface area contributed by atoms with Crippen LogP contribution in [0.25, 0.3) is 0 Å². The molecule has 210 valence electrons. The van der Waals surface area contributed by atoms with Crippen LogP contribution >= 0.6 is 23.2 Å². The minimum atomic E-state index is -0.644. The summed E-state index contributed by atoms with van der Waals surface area (Å²) in [6.45, 7) is 0. The number of hydrogen-bond acceptors (Lipinski definition) is 8. The summed E-state index contributed by atoms with van der Waals surface area (Å²) in [6.07, 6.45) is 1.55. The zero-order valence-corrected chi connectivity index (χ0v) is 23.6. The van der Waals surface area contributed by atoms with Crippen LogP contribution in [-0.4, -0.2) is 34.2 Å². The molecule has 1 aromatic heterocycles. The van der Waals surface area contributed by atoms with Gasteiger partial charge in [-0.15, -0.1) is 0 Å². The number of aromatic amines is 2. The highest BCUT2D eigenvalue weighted by atomic mass is 35.5. The molecule has 0 bridgehead atoms. The van der Waals surface area contributed by atoms with Gasteiger partial charge in [-0.2, -0.15) is 10.1 Å². The second-order valence-electron chi connectivity index (χ2n) is 8.57. The van der Waals surface area contributed by atoms with E-state index in [4.69, 9.17) is 32.7 Å². The first-order valence-electron chi connectivity index (χ1n) is 12.5. The number of aromatic nitrogens is 3. The van der Waals surface area contributed by atoms with Gasteiger partial charge in [0.05, 0.1) is 35.3 Å². The summed E-state index contributed by atoms with van der Waals surface area (Å²) in [5.74, 6) is 0.191. The van der Waals surface area contributed by atoms with Crippen LogP contribution in [0.5, 0.6) is 11.5 Å². The summed E-state index contributed by atoms with van der Waals surface area (Å²) in [4.78, 5) is 32.4. The molecule has 0 atom stereocenters. The van der Waals surface area contributed by atoms with Gasteiger partial charge >= 0.3 is 5.97 Å². The molecule has 0 amide bonds. The van der Waals surface area contributed by atoms with E-state index in [9.17, 15) is 4.79 Å². The van der Waals surface area contributed by atoms with E-state index in [1.807, 2.05) is 60.7 Å². The Hall–Kier alpha value is -5.19. The molecule has 10 nitrogen and oxygen atoms in total. The Balaban J connectivity index is 1.37. The lowest BCUT2D eigenvalue weighted by Crippen LogP contribution is -2.28. The number of hydrogen-bond donors (Lipinski definition) is 3. The van der Waals surface area contributed by atoms with Crippen LogP contribution in [0.4, 0.5) is 17.3 Å². The molecule has 5 rings (SSSR count). The van der Waals surface area contributed by atoms with Gasteiger partial charge in [0.15, 0.2) is 11.5 Å². The first-order valence-corrected chi connectivity index (χ1v) is 13.3. The van der Waals surface area contributed by atoms with Crippen molar-refractivity contribution in [2.45, 2.75) is 0 Å². The summed E-state index contributed by atoms with van der Waals surface area (Å²) in [5, 5.41) is 4.88. The standard InChI is InChI=1S/C30H23Cl2N7O3/c1-41-26-16-19(12-15-25(26)42-27(40)23-14-13-20(31)17-24(23)32)18-33-39-30-37-28(34-21-8-4-2-5-9-21)36-29(38-30)35-22-10-6-3-7-11-22/h2-18H,1H3,(H3,34,35,36,37,38,39)/b33-18-. The van der Waals surface area contributed by atoms with Gasteiger partial charge in [-0.05, 0) is 66.2 Å². The smallest absolute Gasteiger partial charge is 0.345 e. The van der Waals surface area contributed by atoms with E-state index in [2.05, 4.69) is 35.5 Å².